The van der Waals surface area contributed by atoms with E-state index in [9.17, 15) is 18.5 Å². The second kappa shape index (κ2) is 8.03. The lowest BCUT2D eigenvalue weighted by atomic mass is 10.1. The Morgan fingerprint density at radius 3 is 2.30 bits per heavy atom. The van der Waals surface area contributed by atoms with Crippen LogP contribution in [0.5, 0.6) is 0 Å². The van der Waals surface area contributed by atoms with E-state index >= 15 is 0 Å². The first kappa shape index (κ1) is 20.7. The third kappa shape index (κ3) is 4.13. The number of fused-ring (bicyclic) bond motifs is 3. The van der Waals surface area contributed by atoms with E-state index in [1.54, 1.807) is 36.7 Å². The summed E-state index contributed by atoms with van der Waals surface area (Å²) in [6.07, 6.45) is 4.19. The van der Waals surface area contributed by atoms with Crippen LogP contribution in [0, 0.1) is 10.1 Å². The Morgan fingerprint density at radius 2 is 1.58 bits per heavy atom. The zero-order valence-electron chi connectivity index (χ0n) is 17.1. The summed E-state index contributed by atoms with van der Waals surface area (Å²) in [5.74, 6) is 0. The van der Waals surface area contributed by atoms with Crippen molar-refractivity contribution in [2.75, 3.05) is 4.72 Å². The van der Waals surface area contributed by atoms with Crippen molar-refractivity contribution >= 4 is 43.3 Å². The lowest BCUT2D eigenvalue weighted by Crippen LogP contribution is -2.12. The molecule has 33 heavy (non-hydrogen) atoms. The number of hydrogen-bond donors (Lipinski definition) is 1. The molecule has 164 valence electrons. The number of rotatable bonds is 6. The van der Waals surface area contributed by atoms with Crippen LogP contribution in [-0.4, -0.2) is 18.3 Å². The highest BCUT2D eigenvalue weighted by Crippen LogP contribution is 2.33. The van der Waals surface area contributed by atoms with E-state index in [0.29, 0.717) is 27.6 Å². The van der Waals surface area contributed by atoms with Crippen molar-refractivity contribution < 1.29 is 17.8 Å². The maximum atomic E-state index is 13.0. The van der Waals surface area contributed by atoms with E-state index in [1.807, 2.05) is 24.3 Å². The van der Waals surface area contributed by atoms with Crippen molar-refractivity contribution in [3.63, 3.8) is 0 Å². The van der Waals surface area contributed by atoms with Gasteiger partial charge in [-0.05, 0) is 66.1 Å². The van der Waals surface area contributed by atoms with E-state index in [1.165, 1.54) is 24.3 Å². The summed E-state index contributed by atoms with van der Waals surface area (Å²) in [5, 5.41) is 12.2. The Bertz CT molecular complexity index is 1590. The molecule has 1 N–H and O–H groups in total. The van der Waals surface area contributed by atoms with Crippen LogP contribution in [0.4, 0.5) is 11.4 Å². The average Bonchev–Trinajstić information content (AvgIpc) is 3.18. The van der Waals surface area contributed by atoms with Crippen molar-refractivity contribution in [1.82, 2.24) is 4.98 Å². The number of nitro groups is 1. The maximum Gasteiger partial charge on any atom is 0.273 e. The number of hydrogen-bond acceptors (Lipinski definition) is 6. The standard InChI is InChI=1S/C24H17N3O5S/c28-27(29)19-5-7-21-22-15-20(6-8-23(22)32-24(21)14-19)33(30,31)26-18-3-1-16(2-4-18)13-17-9-11-25-12-10-17/h1-12,14-15,26H,13H2. The summed E-state index contributed by atoms with van der Waals surface area (Å²) in [7, 11) is -3.85. The van der Waals surface area contributed by atoms with Crippen LogP contribution in [0.1, 0.15) is 11.1 Å². The van der Waals surface area contributed by atoms with Crippen molar-refractivity contribution in [2.24, 2.45) is 0 Å². The number of benzene rings is 3. The Balaban J connectivity index is 1.41. The molecule has 9 heteroatoms. The molecule has 0 radical (unpaired) electrons. The minimum atomic E-state index is -3.85. The normalized spacial score (nSPS) is 11.6. The molecule has 0 saturated carbocycles. The molecule has 0 aliphatic carbocycles. The highest BCUT2D eigenvalue weighted by atomic mass is 32.2. The second-order valence-corrected chi connectivity index (χ2v) is 9.21. The SMILES string of the molecule is O=[N+]([O-])c1ccc2c(c1)oc1ccc(S(=O)(=O)Nc3ccc(Cc4ccncc4)cc3)cc12. The van der Waals surface area contributed by atoms with Crippen molar-refractivity contribution in [3.8, 4) is 0 Å². The van der Waals surface area contributed by atoms with Crippen LogP contribution in [-0.2, 0) is 16.4 Å². The van der Waals surface area contributed by atoms with Gasteiger partial charge < -0.3 is 4.42 Å². The van der Waals surface area contributed by atoms with E-state index in [2.05, 4.69) is 9.71 Å². The molecule has 2 aromatic heterocycles. The fourth-order valence-corrected chi connectivity index (χ4v) is 4.75. The summed E-state index contributed by atoms with van der Waals surface area (Å²) in [5.41, 5.74) is 3.29. The van der Waals surface area contributed by atoms with Crippen LogP contribution in [0.2, 0.25) is 0 Å². The molecule has 0 aliphatic rings. The number of nitrogens with one attached hydrogen (secondary N) is 1. The number of nitrogens with zero attached hydrogens (tertiary/aromatic N) is 2. The second-order valence-electron chi connectivity index (χ2n) is 7.53. The molecule has 0 atom stereocenters. The van der Waals surface area contributed by atoms with E-state index < -0.39 is 14.9 Å². The molecular formula is C24H17N3O5S. The Morgan fingerprint density at radius 1 is 0.848 bits per heavy atom. The van der Waals surface area contributed by atoms with E-state index in [-0.39, 0.29) is 10.6 Å². The average molecular weight is 459 g/mol. The zero-order valence-corrected chi connectivity index (χ0v) is 18.0. The lowest BCUT2D eigenvalue weighted by molar-refractivity contribution is -0.384. The molecule has 0 bridgehead atoms. The van der Waals surface area contributed by atoms with Gasteiger partial charge in [0.05, 0.1) is 15.9 Å². The molecule has 2 heterocycles. The first-order valence-corrected chi connectivity index (χ1v) is 11.5. The molecule has 5 aromatic rings. The predicted molar refractivity (Wildman–Crippen MR) is 125 cm³/mol. The fraction of sp³-hybridized carbons (Fsp3) is 0.0417. The fourth-order valence-electron chi connectivity index (χ4n) is 3.67. The first-order chi connectivity index (χ1) is 15.9. The lowest BCUT2D eigenvalue weighted by Gasteiger charge is -2.09. The van der Waals surface area contributed by atoms with Gasteiger partial charge in [-0.1, -0.05) is 12.1 Å². The number of nitro benzene ring substituents is 1. The molecule has 0 amide bonds. The van der Waals surface area contributed by atoms with Gasteiger partial charge in [0.25, 0.3) is 15.7 Å². The van der Waals surface area contributed by atoms with Crippen molar-refractivity contribution in [2.45, 2.75) is 11.3 Å². The molecule has 0 fully saturated rings. The molecule has 0 saturated heterocycles. The molecule has 8 nitrogen and oxygen atoms in total. The third-order valence-corrected chi connectivity index (χ3v) is 6.69. The number of furan rings is 1. The Hall–Kier alpha value is -4.24. The van der Waals surface area contributed by atoms with Crippen molar-refractivity contribution in [3.05, 3.63) is 106 Å². The highest BCUT2D eigenvalue weighted by molar-refractivity contribution is 7.92. The number of aromatic nitrogens is 1. The smallest absolute Gasteiger partial charge is 0.273 e. The third-order valence-electron chi connectivity index (χ3n) is 5.31. The first-order valence-electron chi connectivity index (χ1n) is 10.0. The molecule has 5 rings (SSSR count). The van der Waals surface area contributed by atoms with Crippen LogP contribution < -0.4 is 4.72 Å². The van der Waals surface area contributed by atoms with Gasteiger partial charge in [0.1, 0.15) is 11.2 Å². The summed E-state index contributed by atoms with van der Waals surface area (Å²) in [6.45, 7) is 0. The number of sulfonamides is 1. The molecule has 3 aromatic carbocycles. The predicted octanol–water partition coefficient (Wildman–Crippen LogP) is 5.28. The topological polar surface area (TPSA) is 115 Å². The van der Waals surface area contributed by atoms with E-state index in [0.717, 1.165) is 17.5 Å². The van der Waals surface area contributed by atoms with Gasteiger partial charge in [-0.25, -0.2) is 8.42 Å². The summed E-state index contributed by atoms with van der Waals surface area (Å²) >= 11 is 0. The van der Waals surface area contributed by atoms with Gasteiger partial charge in [0, 0.05) is 34.9 Å². The molecular weight excluding hydrogens is 442 g/mol. The highest BCUT2D eigenvalue weighted by Gasteiger charge is 2.18. The van der Waals surface area contributed by atoms with Crippen LogP contribution in [0.25, 0.3) is 21.9 Å². The summed E-state index contributed by atoms with van der Waals surface area (Å²) < 4.78 is 34.2. The quantitative estimate of drug-likeness (QED) is 0.273. The van der Waals surface area contributed by atoms with Gasteiger partial charge in [-0.15, -0.1) is 0 Å². The minimum Gasteiger partial charge on any atom is -0.456 e. The van der Waals surface area contributed by atoms with Gasteiger partial charge in [0.2, 0.25) is 0 Å². The van der Waals surface area contributed by atoms with Crippen LogP contribution >= 0.6 is 0 Å². The number of anilines is 1. The zero-order chi connectivity index (χ0) is 23.0. The van der Waals surface area contributed by atoms with Gasteiger partial charge >= 0.3 is 0 Å². The Labute approximate surface area is 188 Å². The summed E-state index contributed by atoms with van der Waals surface area (Å²) in [6, 6.07) is 19.8. The van der Waals surface area contributed by atoms with Gasteiger partial charge in [-0.2, -0.15) is 0 Å². The minimum absolute atomic E-state index is 0.0666. The molecule has 0 aliphatic heterocycles. The monoisotopic (exact) mass is 459 g/mol. The molecule has 0 unspecified atom stereocenters. The summed E-state index contributed by atoms with van der Waals surface area (Å²) in [4.78, 5) is 14.6. The Kier molecular flexibility index (Phi) is 5.02. The van der Waals surface area contributed by atoms with Crippen molar-refractivity contribution in [1.29, 1.82) is 0 Å². The van der Waals surface area contributed by atoms with Crippen LogP contribution in [0.3, 0.4) is 0 Å². The number of pyridine rings is 1. The number of non-ortho nitro benzene ring substituents is 1. The molecule has 0 spiro atoms. The van der Waals surface area contributed by atoms with Gasteiger partial charge in [-0.3, -0.25) is 19.8 Å². The van der Waals surface area contributed by atoms with Gasteiger partial charge in [0.15, 0.2) is 0 Å². The van der Waals surface area contributed by atoms with Crippen LogP contribution in [0.15, 0.2) is 94.5 Å². The van der Waals surface area contributed by atoms with E-state index in [4.69, 9.17) is 4.42 Å². The largest absolute Gasteiger partial charge is 0.456 e. The maximum absolute atomic E-state index is 13.0.